The fourth-order valence-corrected chi connectivity index (χ4v) is 2.94. The van der Waals surface area contributed by atoms with Gasteiger partial charge in [-0.05, 0) is 42.3 Å². The number of phenols is 2. The standard InChI is InChI=1S/C18H17F3N2O4/c19-18(20,21)12-1-3-13(4-2-12)22-17(26)27-23-8-7-11(10-23)15-6-5-14(24)9-16(15)25/h1-6,9,11,24-25H,7-8,10H2,(H,22,26). The molecule has 1 aliphatic heterocycles. The molecule has 0 saturated carbocycles. The molecule has 1 amide bonds. The molecule has 1 heterocycles. The number of hydroxylamine groups is 2. The van der Waals surface area contributed by atoms with Crippen LogP contribution in [0.1, 0.15) is 23.5 Å². The van der Waals surface area contributed by atoms with Crippen molar-refractivity contribution >= 4 is 11.8 Å². The average molecular weight is 382 g/mol. The maximum absolute atomic E-state index is 12.5. The second kappa shape index (κ2) is 7.36. The van der Waals surface area contributed by atoms with Gasteiger partial charge in [-0.3, -0.25) is 5.32 Å². The second-order valence-electron chi connectivity index (χ2n) is 6.20. The molecule has 0 radical (unpaired) electrons. The van der Waals surface area contributed by atoms with Crippen molar-refractivity contribution in [2.75, 3.05) is 18.4 Å². The van der Waals surface area contributed by atoms with Crippen molar-refractivity contribution in [3.8, 4) is 11.5 Å². The number of hydrogen-bond donors (Lipinski definition) is 3. The van der Waals surface area contributed by atoms with E-state index in [4.69, 9.17) is 4.84 Å². The van der Waals surface area contributed by atoms with E-state index in [1.54, 1.807) is 6.07 Å². The summed E-state index contributed by atoms with van der Waals surface area (Å²) in [6.07, 6.45) is -4.62. The number of benzene rings is 2. The number of hydrogen-bond acceptors (Lipinski definition) is 5. The highest BCUT2D eigenvalue weighted by molar-refractivity contribution is 5.84. The molecule has 2 aromatic carbocycles. The number of phenolic OH excluding ortho intramolecular Hbond substituents is 2. The van der Waals surface area contributed by atoms with E-state index in [1.807, 2.05) is 0 Å². The molecule has 2 aromatic rings. The molecule has 1 aliphatic rings. The Morgan fingerprint density at radius 1 is 1.15 bits per heavy atom. The predicted octanol–water partition coefficient (Wildman–Crippen LogP) is 4.07. The summed E-state index contributed by atoms with van der Waals surface area (Å²) in [5.41, 5.74) is 0.0134. The Kier molecular flexibility index (Phi) is 5.13. The minimum absolute atomic E-state index is 0.0314. The smallest absolute Gasteiger partial charge is 0.430 e. The summed E-state index contributed by atoms with van der Waals surface area (Å²) in [7, 11) is 0. The quantitative estimate of drug-likeness (QED) is 0.746. The zero-order valence-electron chi connectivity index (χ0n) is 14.0. The number of halogens is 3. The van der Waals surface area contributed by atoms with Crippen LogP contribution in [0.15, 0.2) is 42.5 Å². The SMILES string of the molecule is O=C(Nc1ccc(C(F)(F)F)cc1)ON1CCC(c2ccc(O)cc2O)C1. The molecule has 0 spiro atoms. The lowest BCUT2D eigenvalue weighted by Gasteiger charge is -2.17. The zero-order chi connectivity index (χ0) is 19.6. The molecule has 0 aromatic heterocycles. The summed E-state index contributed by atoms with van der Waals surface area (Å²) < 4.78 is 37.6. The van der Waals surface area contributed by atoms with Crippen LogP contribution in [0.2, 0.25) is 0 Å². The van der Waals surface area contributed by atoms with Crippen LogP contribution in [-0.4, -0.2) is 34.5 Å². The Bertz CT molecular complexity index is 824. The van der Waals surface area contributed by atoms with Crippen LogP contribution in [0.3, 0.4) is 0 Å². The highest BCUT2D eigenvalue weighted by atomic mass is 19.4. The summed E-state index contributed by atoms with van der Waals surface area (Å²) >= 11 is 0. The van der Waals surface area contributed by atoms with E-state index < -0.39 is 17.8 Å². The van der Waals surface area contributed by atoms with E-state index in [-0.39, 0.29) is 23.1 Å². The third-order valence-corrected chi connectivity index (χ3v) is 4.28. The zero-order valence-corrected chi connectivity index (χ0v) is 14.0. The molecule has 3 N–H and O–H groups in total. The molecule has 3 rings (SSSR count). The maximum Gasteiger partial charge on any atom is 0.430 e. The van der Waals surface area contributed by atoms with Gasteiger partial charge in [-0.1, -0.05) is 6.07 Å². The Morgan fingerprint density at radius 3 is 2.48 bits per heavy atom. The van der Waals surface area contributed by atoms with Gasteiger partial charge in [0.1, 0.15) is 11.5 Å². The van der Waals surface area contributed by atoms with Crippen LogP contribution in [0, 0.1) is 0 Å². The normalized spacial score (nSPS) is 17.7. The van der Waals surface area contributed by atoms with Crippen molar-refractivity contribution in [3.05, 3.63) is 53.6 Å². The Hall–Kier alpha value is -2.94. The van der Waals surface area contributed by atoms with E-state index in [0.717, 1.165) is 24.3 Å². The van der Waals surface area contributed by atoms with Crippen LogP contribution in [0.5, 0.6) is 11.5 Å². The van der Waals surface area contributed by atoms with E-state index in [9.17, 15) is 28.2 Å². The number of alkyl halides is 3. The predicted molar refractivity (Wildman–Crippen MR) is 90.3 cm³/mol. The topological polar surface area (TPSA) is 82.0 Å². The first-order valence-electron chi connectivity index (χ1n) is 8.15. The summed E-state index contributed by atoms with van der Waals surface area (Å²) in [5, 5.41) is 23.0. The van der Waals surface area contributed by atoms with Crippen molar-refractivity contribution in [1.82, 2.24) is 5.06 Å². The molecule has 1 atom stereocenters. The molecule has 27 heavy (non-hydrogen) atoms. The number of nitrogens with one attached hydrogen (secondary N) is 1. The van der Waals surface area contributed by atoms with E-state index in [2.05, 4.69) is 5.32 Å². The molecule has 144 valence electrons. The Morgan fingerprint density at radius 2 is 1.85 bits per heavy atom. The van der Waals surface area contributed by atoms with E-state index >= 15 is 0 Å². The largest absolute Gasteiger partial charge is 0.508 e. The van der Waals surface area contributed by atoms with Crippen molar-refractivity contribution in [1.29, 1.82) is 0 Å². The van der Waals surface area contributed by atoms with E-state index in [1.165, 1.54) is 17.2 Å². The van der Waals surface area contributed by atoms with Crippen molar-refractivity contribution < 1.29 is 33.0 Å². The van der Waals surface area contributed by atoms with Crippen LogP contribution >= 0.6 is 0 Å². The highest BCUT2D eigenvalue weighted by Gasteiger charge is 2.30. The molecule has 1 fully saturated rings. The Labute approximate surface area is 152 Å². The molecule has 1 saturated heterocycles. The lowest BCUT2D eigenvalue weighted by atomic mass is 9.97. The minimum Gasteiger partial charge on any atom is -0.508 e. The first-order valence-corrected chi connectivity index (χ1v) is 8.15. The van der Waals surface area contributed by atoms with Gasteiger partial charge < -0.3 is 15.1 Å². The summed E-state index contributed by atoms with van der Waals surface area (Å²) in [5.74, 6) is -0.154. The molecule has 0 aliphatic carbocycles. The number of nitrogens with zero attached hydrogens (tertiary/aromatic N) is 1. The molecule has 9 heteroatoms. The monoisotopic (exact) mass is 382 g/mol. The number of rotatable bonds is 3. The molecule has 0 bridgehead atoms. The molecular weight excluding hydrogens is 365 g/mol. The summed E-state index contributed by atoms with van der Waals surface area (Å²) in [4.78, 5) is 17.1. The first-order chi connectivity index (χ1) is 12.7. The van der Waals surface area contributed by atoms with Crippen LogP contribution in [0.4, 0.5) is 23.7 Å². The van der Waals surface area contributed by atoms with Gasteiger partial charge in [-0.15, -0.1) is 5.06 Å². The van der Waals surface area contributed by atoms with Crippen molar-refractivity contribution in [2.45, 2.75) is 18.5 Å². The van der Waals surface area contributed by atoms with Crippen LogP contribution < -0.4 is 5.32 Å². The van der Waals surface area contributed by atoms with Gasteiger partial charge in [0.2, 0.25) is 0 Å². The van der Waals surface area contributed by atoms with Gasteiger partial charge in [-0.25, -0.2) is 4.79 Å². The van der Waals surface area contributed by atoms with Gasteiger partial charge >= 0.3 is 12.3 Å². The van der Waals surface area contributed by atoms with Crippen molar-refractivity contribution in [3.63, 3.8) is 0 Å². The number of carbonyl (C=O) groups is 1. The number of anilines is 1. The maximum atomic E-state index is 12.5. The van der Waals surface area contributed by atoms with Gasteiger partial charge in [0.25, 0.3) is 0 Å². The third-order valence-electron chi connectivity index (χ3n) is 4.28. The van der Waals surface area contributed by atoms with Gasteiger partial charge in [0, 0.05) is 30.8 Å². The fourth-order valence-electron chi connectivity index (χ4n) is 2.94. The summed E-state index contributed by atoms with van der Waals surface area (Å²) in [6.45, 7) is 0.782. The van der Waals surface area contributed by atoms with Crippen LogP contribution in [0.25, 0.3) is 0 Å². The highest BCUT2D eigenvalue weighted by Crippen LogP contribution is 2.35. The van der Waals surface area contributed by atoms with Crippen molar-refractivity contribution in [2.24, 2.45) is 0 Å². The second-order valence-corrected chi connectivity index (χ2v) is 6.20. The van der Waals surface area contributed by atoms with Gasteiger partial charge in [0.15, 0.2) is 0 Å². The molecular formula is C18H17F3N2O4. The summed E-state index contributed by atoms with van der Waals surface area (Å²) in [6, 6.07) is 8.36. The lowest BCUT2D eigenvalue weighted by Crippen LogP contribution is -2.28. The van der Waals surface area contributed by atoms with E-state index in [0.29, 0.717) is 25.1 Å². The average Bonchev–Trinajstić information content (AvgIpc) is 3.02. The minimum atomic E-state index is -4.44. The van der Waals surface area contributed by atoms with Gasteiger partial charge in [-0.2, -0.15) is 13.2 Å². The van der Waals surface area contributed by atoms with Gasteiger partial charge in [0.05, 0.1) is 5.56 Å². The fraction of sp³-hybridized carbons (Fsp3) is 0.278. The first kappa shape index (κ1) is 18.8. The third kappa shape index (κ3) is 4.62. The molecule has 6 nitrogen and oxygen atoms in total. The molecule has 1 unspecified atom stereocenters. The number of amides is 1. The number of carbonyl (C=O) groups excluding carboxylic acids is 1. The van der Waals surface area contributed by atoms with Crippen LogP contribution in [-0.2, 0) is 11.0 Å². The Balaban J connectivity index is 1.54. The lowest BCUT2D eigenvalue weighted by molar-refractivity contribution is -0.137. The number of aromatic hydroxyl groups is 2.